The topological polar surface area (TPSA) is 66.5 Å². The Bertz CT molecular complexity index is 740. The van der Waals surface area contributed by atoms with Crippen molar-refractivity contribution in [3.63, 3.8) is 0 Å². The molecule has 5 nitrogen and oxygen atoms in total. The van der Waals surface area contributed by atoms with E-state index in [0.29, 0.717) is 17.4 Å². The van der Waals surface area contributed by atoms with Crippen LogP contribution in [0.2, 0.25) is 0 Å². The van der Waals surface area contributed by atoms with Crippen LogP contribution in [0.15, 0.2) is 17.0 Å². The monoisotopic (exact) mass is 336 g/mol. The number of anilines is 1. The Labute approximate surface area is 138 Å². The maximum Gasteiger partial charge on any atom is 0.240 e. The van der Waals surface area contributed by atoms with E-state index in [1.807, 2.05) is 11.8 Å². The molecule has 1 atom stereocenters. The minimum absolute atomic E-state index is 0.0864. The van der Waals surface area contributed by atoms with Crippen molar-refractivity contribution in [3.05, 3.63) is 23.3 Å². The Morgan fingerprint density at radius 1 is 1.35 bits per heavy atom. The largest absolute Gasteiger partial charge is 0.311 e. The molecule has 0 aromatic heterocycles. The van der Waals surface area contributed by atoms with Crippen LogP contribution in [-0.4, -0.2) is 27.4 Å². The lowest BCUT2D eigenvalue weighted by Crippen LogP contribution is -2.32. The van der Waals surface area contributed by atoms with E-state index in [1.165, 1.54) is 0 Å². The molecule has 1 amide bonds. The van der Waals surface area contributed by atoms with Gasteiger partial charge in [-0.2, -0.15) is 0 Å². The number of hydrogen-bond donors (Lipinski definition) is 1. The fraction of sp³-hybridized carbons (Fsp3) is 0.588. The van der Waals surface area contributed by atoms with Gasteiger partial charge >= 0.3 is 0 Å². The molecule has 0 unspecified atom stereocenters. The summed E-state index contributed by atoms with van der Waals surface area (Å²) in [5, 5.41) is 0. The zero-order chi connectivity index (χ0) is 16.8. The lowest BCUT2D eigenvalue weighted by atomic mass is 9.97. The number of nitrogens with one attached hydrogen (secondary N) is 1. The van der Waals surface area contributed by atoms with Crippen molar-refractivity contribution in [1.82, 2.24) is 4.72 Å². The molecule has 2 heterocycles. The Balaban J connectivity index is 1.96. The van der Waals surface area contributed by atoms with Gasteiger partial charge in [-0.05, 0) is 55.4 Å². The van der Waals surface area contributed by atoms with Gasteiger partial charge in [0.2, 0.25) is 15.9 Å². The minimum atomic E-state index is -3.52. The van der Waals surface area contributed by atoms with Gasteiger partial charge in [0, 0.05) is 13.1 Å². The predicted molar refractivity (Wildman–Crippen MR) is 90.2 cm³/mol. The maximum atomic E-state index is 12.6. The van der Waals surface area contributed by atoms with Crippen molar-refractivity contribution in [2.75, 3.05) is 18.0 Å². The number of amides is 1. The molecular formula is C17H24N2O3S. The Morgan fingerprint density at radius 2 is 2.09 bits per heavy atom. The second kappa shape index (κ2) is 5.91. The van der Waals surface area contributed by atoms with Crippen molar-refractivity contribution in [2.24, 2.45) is 5.92 Å². The van der Waals surface area contributed by atoms with E-state index in [9.17, 15) is 13.2 Å². The zero-order valence-electron chi connectivity index (χ0n) is 13.9. The third-order valence-corrected chi connectivity index (χ3v) is 6.16. The van der Waals surface area contributed by atoms with E-state index < -0.39 is 10.0 Å². The van der Waals surface area contributed by atoms with Gasteiger partial charge in [-0.15, -0.1) is 0 Å². The summed E-state index contributed by atoms with van der Waals surface area (Å²) >= 11 is 0. The highest BCUT2D eigenvalue weighted by atomic mass is 32.2. The van der Waals surface area contributed by atoms with Gasteiger partial charge < -0.3 is 4.90 Å². The number of benzene rings is 1. The van der Waals surface area contributed by atoms with Crippen molar-refractivity contribution < 1.29 is 13.2 Å². The quantitative estimate of drug-likeness (QED) is 0.898. The fourth-order valence-electron chi connectivity index (χ4n) is 3.39. The Kier molecular flexibility index (Phi) is 4.23. The molecule has 126 valence electrons. The van der Waals surface area contributed by atoms with Crippen LogP contribution < -0.4 is 9.62 Å². The third-order valence-electron chi connectivity index (χ3n) is 4.72. The van der Waals surface area contributed by atoms with Crippen molar-refractivity contribution in [1.29, 1.82) is 0 Å². The van der Waals surface area contributed by atoms with Gasteiger partial charge in [0.1, 0.15) is 0 Å². The van der Waals surface area contributed by atoms with Crippen LogP contribution in [0.1, 0.15) is 50.7 Å². The number of nitrogens with zero attached hydrogens (tertiary/aromatic N) is 1. The van der Waals surface area contributed by atoms with Crippen molar-refractivity contribution in [3.8, 4) is 0 Å². The number of carbonyl (C=O) groups is 1. The van der Waals surface area contributed by atoms with Crippen molar-refractivity contribution >= 4 is 21.6 Å². The second-order valence-electron chi connectivity index (χ2n) is 6.92. The van der Waals surface area contributed by atoms with Crippen LogP contribution in [0, 0.1) is 5.92 Å². The summed E-state index contributed by atoms with van der Waals surface area (Å²) in [6, 6.07) is 3.43. The highest BCUT2D eigenvalue weighted by Crippen LogP contribution is 2.43. The molecule has 0 radical (unpaired) electrons. The predicted octanol–water partition coefficient (Wildman–Crippen LogP) is 2.41. The zero-order valence-corrected chi connectivity index (χ0v) is 14.7. The van der Waals surface area contributed by atoms with Crippen LogP contribution in [-0.2, 0) is 21.2 Å². The fourth-order valence-corrected chi connectivity index (χ4v) is 4.52. The number of rotatable bonds is 5. The molecule has 0 fully saturated rings. The molecular weight excluding hydrogens is 312 g/mol. The van der Waals surface area contributed by atoms with E-state index in [0.717, 1.165) is 42.6 Å². The maximum absolute atomic E-state index is 12.6. The average Bonchev–Trinajstić information content (AvgIpc) is 2.74. The SMILES string of the molecule is CC(C)CCNS(=O)(=O)c1cc2c3c(c1)[C@H](C)C(=O)N3CCC2. The summed E-state index contributed by atoms with van der Waals surface area (Å²) in [4.78, 5) is 14.5. The first kappa shape index (κ1) is 16.5. The van der Waals surface area contributed by atoms with Gasteiger partial charge in [-0.1, -0.05) is 13.8 Å². The number of aryl methyl sites for hydroxylation is 1. The summed E-state index contributed by atoms with van der Waals surface area (Å²) in [6.45, 7) is 7.17. The van der Waals surface area contributed by atoms with Crippen LogP contribution in [0.25, 0.3) is 0 Å². The standard InChI is InChI=1S/C17H24N2O3S/c1-11(2)6-7-18-23(21,22)14-9-13-5-4-8-19-16(13)15(10-14)12(3)17(19)20/h9-12,18H,4-8H2,1-3H3/t12-/m0/s1. The smallest absolute Gasteiger partial charge is 0.240 e. The summed E-state index contributed by atoms with van der Waals surface area (Å²) in [6.07, 6.45) is 2.52. The van der Waals surface area contributed by atoms with E-state index in [1.54, 1.807) is 12.1 Å². The second-order valence-corrected chi connectivity index (χ2v) is 8.68. The Hall–Kier alpha value is -1.40. The first-order valence-electron chi connectivity index (χ1n) is 8.29. The number of carbonyl (C=O) groups excluding carboxylic acids is 1. The number of sulfonamides is 1. The summed E-state index contributed by atoms with van der Waals surface area (Å²) in [7, 11) is -3.52. The molecule has 23 heavy (non-hydrogen) atoms. The lowest BCUT2D eigenvalue weighted by Gasteiger charge is -2.26. The van der Waals surface area contributed by atoms with Crippen LogP contribution >= 0.6 is 0 Å². The van der Waals surface area contributed by atoms with Gasteiger partial charge in [-0.25, -0.2) is 13.1 Å². The van der Waals surface area contributed by atoms with Crippen LogP contribution in [0.5, 0.6) is 0 Å². The summed E-state index contributed by atoms with van der Waals surface area (Å²) < 4.78 is 27.8. The van der Waals surface area contributed by atoms with Gasteiger partial charge in [-0.3, -0.25) is 4.79 Å². The van der Waals surface area contributed by atoms with Crippen LogP contribution in [0.3, 0.4) is 0 Å². The molecule has 0 spiro atoms. The van der Waals surface area contributed by atoms with Crippen LogP contribution in [0.4, 0.5) is 5.69 Å². The molecule has 0 saturated heterocycles. The molecule has 0 aliphatic carbocycles. The van der Waals surface area contributed by atoms with E-state index in [4.69, 9.17) is 0 Å². The first-order valence-corrected chi connectivity index (χ1v) is 9.77. The minimum Gasteiger partial charge on any atom is -0.311 e. The van der Waals surface area contributed by atoms with E-state index >= 15 is 0 Å². The Morgan fingerprint density at radius 3 is 2.78 bits per heavy atom. The summed E-state index contributed by atoms with van der Waals surface area (Å²) in [5.74, 6) is 0.279. The molecule has 2 aliphatic rings. The molecule has 3 rings (SSSR count). The van der Waals surface area contributed by atoms with Gasteiger partial charge in [0.15, 0.2) is 0 Å². The molecule has 2 aliphatic heterocycles. The third kappa shape index (κ3) is 2.90. The summed E-state index contributed by atoms with van der Waals surface area (Å²) in [5.41, 5.74) is 2.79. The number of hydrogen-bond acceptors (Lipinski definition) is 3. The molecule has 0 bridgehead atoms. The van der Waals surface area contributed by atoms with E-state index in [2.05, 4.69) is 18.6 Å². The molecule has 6 heteroatoms. The van der Waals surface area contributed by atoms with E-state index in [-0.39, 0.29) is 11.8 Å². The first-order chi connectivity index (χ1) is 10.8. The highest BCUT2D eigenvalue weighted by molar-refractivity contribution is 7.89. The highest BCUT2D eigenvalue weighted by Gasteiger charge is 2.38. The van der Waals surface area contributed by atoms with Gasteiger partial charge in [0.05, 0.1) is 16.5 Å². The molecule has 0 saturated carbocycles. The lowest BCUT2D eigenvalue weighted by molar-refractivity contribution is -0.119. The normalized spacial score (nSPS) is 20.3. The average molecular weight is 336 g/mol. The molecule has 1 aromatic carbocycles. The molecule has 1 N–H and O–H groups in total. The van der Waals surface area contributed by atoms with Gasteiger partial charge in [0.25, 0.3) is 0 Å². The van der Waals surface area contributed by atoms with Crippen molar-refractivity contribution in [2.45, 2.75) is 50.8 Å². The molecule has 1 aromatic rings.